The maximum Gasteiger partial charge on any atom is 0.324 e. The lowest BCUT2D eigenvalue weighted by molar-refractivity contribution is -0.162. The van der Waals surface area contributed by atoms with Crippen LogP contribution in [0.5, 0.6) is 0 Å². The predicted octanol–water partition coefficient (Wildman–Crippen LogP) is 1.69. The summed E-state index contributed by atoms with van der Waals surface area (Å²) in [7, 11) is 1.33. The molecule has 0 radical (unpaired) electrons. The van der Waals surface area contributed by atoms with Crippen molar-refractivity contribution in [3.63, 3.8) is 0 Å². The van der Waals surface area contributed by atoms with Crippen LogP contribution in [0.25, 0.3) is 0 Å². The van der Waals surface area contributed by atoms with Crippen LogP contribution in [0.15, 0.2) is 12.2 Å². The van der Waals surface area contributed by atoms with Gasteiger partial charge in [0.2, 0.25) is 0 Å². The molecule has 0 aromatic heterocycles. The van der Waals surface area contributed by atoms with Gasteiger partial charge in [0.15, 0.2) is 5.41 Å². The Labute approximate surface area is 106 Å². The Balaban J connectivity index is 2.01. The zero-order valence-corrected chi connectivity index (χ0v) is 11.0. The second-order valence-corrected chi connectivity index (χ2v) is 6.04. The van der Waals surface area contributed by atoms with Crippen molar-refractivity contribution in [1.29, 1.82) is 0 Å². The van der Waals surface area contributed by atoms with Gasteiger partial charge in [-0.1, -0.05) is 19.1 Å². The fourth-order valence-corrected chi connectivity index (χ4v) is 4.28. The molecule has 4 heteroatoms. The molecule has 1 saturated heterocycles. The van der Waals surface area contributed by atoms with E-state index in [9.17, 15) is 9.59 Å². The molecule has 0 N–H and O–H groups in total. The maximum atomic E-state index is 12.1. The van der Waals surface area contributed by atoms with Crippen molar-refractivity contribution in [3.05, 3.63) is 12.2 Å². The third-order valence-corrected chi connectivity index (χ3v) is 5.48. The predicted molar refractivity (Wildman–Crippen MR) is 63.5 cm³/mol. The Morgan fingerprint density at radius 1 is 1.50 bits per heavy atom. The minimum Gasteiger partial charge on any atom is -0.468 e. The molecule has 0 aromatic rings. The molecule has 98 valence electrons. The molecule has 3 rings (SSSR count). The van der Waals surface area contributed by atoms with Crippen molar-refractivity contribution < 1.29 is 19.1 Å². The average Bonchev–Trinajstić information content (AvgIpc) is 2.79. The van der Waals surface area contributed by atoms with Gasteiger partial charge in [0, 0.05) is 5.41 Å². The van der Waals surface area contributed by atoms with E-state index in [1.807, 2.05) is 13.8 Å². The van der Waals surface area contributed by atoms with Gasteiger partial charge in [0.1, 0.15) is 6.10 Å². The van der Waals surface area contributed by atoms with Crippen molar-refractivity contribution in [2.45, 2.75) is 32.8 Å². The fraction of sp³-hybridized carbons (Fsp3) is 0.714. The summed E-state index contributed by atoms with van der Waals surface area (Å²) in [4.78, 5) is 24.2. The van der Waals surface area contributed by atoms with E-state index in [2.05, 4.69) is 6.58 Å². The molecule has 2 aliphatic carbocycles. The minimum atomic E-state index is -1.03. The van der Waals surface area contributed by atoms with Crippen molar-refractivity contribution >= 4 is 11.9 Å². The first-order chi connectivity index (χ1) is 8.40. The van der Waals surface area contributed by atoms with Gasteiger partial charge in [-0.25, -0.2) is 0 Å². The highest BCUT2D eigenvalue weighted by Crippen LogP contribution is 2.80. The molecule has 4 nitrogen and oxygen atoms in total. The van der Waals surface area contributed by atoms with Gasteiger partial charge in [0.05, 0.1) is 7.11 Å². The first-order valence-electron chi connectivity index (χ1n) is 6.35. The van der Waals surface area contributed by atoms with Gasteiger partial charge in [-0.2, -0.15) is 0 Å². The Bertz CT molecular complexity index is 458. The number of hydrogen-bond acceptors (Lipinski definition) is 4. The van der Waals surface area contributed by atoms with E-state index in [-0.39, 0.29) is 23.4 Å². The monoisotopic (exact) mass is 250 g/mol. The number of esters is 2. The molecule has 18 heavy (non-hydrogen) atoms. The molecular formula is C14H18O4. The summed E-state index contributed by atoms with van der Waals surface area (Å²) >= 11 is 0. The Kier molecular flexibility index (Phi) is 2.07. The summed E-state index contributed by atoms with van der Waals surface area (Å²) in [5.74, 6) is -0.413. The number of allylic oxidation sites excluding steroid dienone is 1. The summed E-state index contributed by atoms with van der Waals surface area (Å²) in [6.45, 7) is 7.97. The van der Waals surface area contributed by atoms with Crippen molar-refractivity contribution in [3.8, 4) is 0 Å². The molecule has 3 fully saturated rings. The molecular weight excluding hydrogens is 232 g/mol. The molecule has 0 aromatic carbocycles. The Morgan fingerprint density at radius 3 is 2.72 bits per heavy atom. The van der Waals surface area contributed by atoms with Gasteiger partial charge >= 0.3 is 11.9 Å². The zero-order valence-electron chi connectivity index (χ0n) is 11.0. The van der Waals surface area contributed by atoms with Crippen LogP contribution in [0, 0.1) is 22.7 Å². The van der Waals surface area contributed by atoms with Crippen LogP contribution >= 0.6 is 0 Å². The first-order valence-corrected chi connectivity index (χ1v) is 6.35. The number of carbonyl (C=O) groups excluding carboxylic acids is 2. The van der Waals surface area contributed by atoms with Gasteiger partial charge in [0.25, 0.3) is 0 Å². The van der Waals surface area contributed by atoms with E-state index in [0.717, 1.165) is 18.4 Å². The van der Waals surface area contributed by atoms with Crippen LogP contribution in [-0.4, -0.2) is 25.2 Å². The highest BCUT2D eigenvalue weighted by molar-refractivity contribution is 6.07. The van der Waals surface area contributed by atoms with E-state index in [0.29, 0.717) is 5.92 Å². The van der Waals surface area contributed by atoms with Crippen molar-refractivity contribution in [1.82, 2.24) is 0 Å². The topological polar surface area (TPSA) is 52.6 Å². The van der Waals surface area contributed by atoms with Gasteiger partial charge in [-0.05, 0) is 31.6 Å². The molecule has 1 heterocycles. The molecule has 1 aliphatic heterocycles. The summed E-state index contributed by atoms with van der Waals surface area (Å²) in [5.41, 5.74) is -0.287. The largest absolute Gasteiger partial charge is 0.468 e. The zero-order chi connectivity index (χ0) is 13.3. The van der Waals surface area contributed by atoms with Crippen LogP contribution in [0.4, 0.5) is 0 Å². The normalized spacial score (nSPS) is 48.2. The third kappa shape index (κ3) is 0.953. The number of fused-ring (bicyclic) bond motifs is 1. The van der Waals surface area contributed by atoms with E-state index in [1.165, 1.54) is 7.11 Å². The van der Waals surface area contributed by atoms with Gasteiger partial charge < -0.3 is 9.47 Å². The standard InChI is InChI=1S/C14H18O4/c1-7(2)8-5-9-13(3)10(6-8)18-12(16)14(9,13)11(15)17-4/h8-10H,1,5-6H2,2-4H3/t8-,9?,10+,13-,14?/m0/s1. The third-order valence-electron chi connectivity index (χ3n) is 5.48. The molecule has 3 aliphatic rings. The van der Waals surface area contributed by atoms with E-state index < -0.39 is 11.4 Å². The summed E-state index contributed by atoms with van der Waals surface area (Å²) in [6.07, 6.45) is 1.46. The molecule has 0 spiro atoms. The van der Waals surface area contributed by atoms with E-state index in [1.54, 1.807) is 0 Å². The van der Waals surface area contributed by atoms with E-state index in [4.69, 9.17) is 9.47 Å². The van der Waals surface area contributed by atoms with Crippen molar-refractivity contribution in [2.75, 3.05) is 7.11 Å². The second kappa shape index (κ2) is 3.16. The van der Waals surface area contributed by atoms with Gasteiger partial charge in [-0.3, -0.25) is 9.59 Å². The summed E-state index contributed by atoms with van der Waals surface area (Å²) < 4.78 is 10.3. The lowest BCUT2D eigenvalue weighted by atomic mass is 9.78. The van der Waals surface area contributed by atoms with Crippen LogP contribution in [-0.2, 0) is 19.1 Å². The van der Waals surface area contributed by atoms with Crippen molar-refractivity contribution in [2.24, 2.45) is 22.7 Å². The quantitative estimate of drug-likeness (QED) is 0.425. The maximum absolute atomic E-state index is 12.1. The Morgan fingerprint density at radius 2 is 2.17 bits per heavy atom. The smallest absolute Gasteiger partial charge is 0.324 e. The Hall–Kier alpha value is -1.32. The highest BCUT2D eigenvalue weighted by atomic mass is 16.6. The van der Waals surface area contributed by atoms with Crippen LogP contribution in [0.1, 0.15) is 26.7 Å². The number of carbonyl (C=O) groups is 2. The van der Waals surface area contributed by atoms with Crippen LogP contribution in [0.2, 0.25) is 0 Å². The van der Waals surface area contributed by atoms with Gasteiger partial charge in [-0.15, -0.1) is 0 Å². The molecule has 2 saturated carbocycles. The molecule has 0 amide bonds. The first kappa shape index (κ1) is 11.8. The van der Waals surface area contributed by atoms with Crippen LogP contribution in [0.3, 0.4) is 0 Å². The molecule has 2 unspecified atom stereocenters. The van der Waals surface area contributed by atoms with Crippen LogP contribution < -0.4 is 0 Å². The SMILES string of the molecule is C=C(C)[C@H]1CC2C3(C(=O)OC)C(=O)O[C@H](C1)[C@]23C. The average molecular weight is 250 g/mol. The second-order valence-electron chi connectivity index (χ2n) is 6.04. The fourth-order valence-electron chi connectivity index (χ4n) is 4.28. The molecule has 5 atom stereocenters. The summed E-state index contributed by atoms with van der Waals surface area (Å²) in [6, 6.07) is 0. The lowest BCUT2D eigenvalue weighted by Crippen LogP contribution is -2.32. The lowest BCUT2D eigenvalue weighted by Gasteiger charge is -2.32. The number of hydrogen-bond donors (Lipinski definition) is 0. The minimum absolute atomic E-state index is 0.0548. The number of ether oxygens (including phenoxy) is 2. The summed E-state index contributed by atoms with van der Waals surface area (Å²) in [5, 5.41) is 0. The number of rotatable bonds is 2. The molecule has 0 bridgehead atoms. The number of methoxy groups -OCH3 is 1. The highest BCUT2D eigenvalue weighted by Gasteiger charge is 2.91. The van der Waals surface area contributed by atoms with E-state index >= 15 is 0 Å².